The summed E-state index contributed by atoms with van der Waals surface area (Å²) < 4.78 is 20.3. The molecular formula is C22H29FN6O2. The Morgan fingerprint density at radius 3 is 2.74 bits per heavy atom. The first-order chi connectivity index (χ1) is 15.0. The van der Waals surface area contributed by atoms with Crippen LogP contribution in [0.3, 0.4) is 0 Å². The van der Waals surface area contributed by atoms with Crippen LogP contribution in [0, 0.1) is 5.82 Å². The van der Waals surface area contributed by atoms with Gasteiger partial charge < -0.3 is 15.8 Å². The van der Waals surface area contributed by atoms with Crippen molar-refractivity contribution >= 4 is 23.5 Å². The highest BCUT2D eigenvalue weighted by molar-refractivity contribution is 6.05. The Hall–Kier alpha value is -2.94. The highest BCUT2D eigenvalue weighted by atomic mass is 19.1. The Bertz CT molecular complexity index is 948. The van der Waals surface area contributed by atoms with Crippen LogP contribution in [0.2, 0.25) is 0 Å². The summed E-state index contributed by atoms with van der Waals surface area (Å²) in [4.78, 5) is 25.3. The van der Waals surface area contributed by atoms with Crippen LogP contribution in [0.15, 0.2) is 24.4 Å². The van der Waals surface area contributed by atoms with Gasteiger partial charge in [-0.1, -0.05) is 6.07 Å². The number of nitrogens with two attached hydrogens (primary N) is 1. The summed E-state index contributed by atoms with van der Waals surface area (Å²) in [7, 11) is 0. The molecule has 0 unspecified atom stereocenters. The van der Waals surface area contributed by atoms with Crippen LogP contribution in [0.4, 0.5) is 26.6 Å². The average Bonchev–Trinajstić information content (AvgIpc) is 2.77. The second kappa shape index (κ2) is 9.05. The molecule has 0 radical (unpaired) electrons. The van der Waals surface area contributed by atoms with E-state index >= 15 is 0 Å². The molecular weight excluding hydrogens is 399 g/mol. The Kier molecular flexibility index (Phi) is 6.22. The highest BCUT2D eigenvalue weighted by Crippen LogP contribution is 2.34. The predicted molar refractivity (Wildman–Crippen MR) is 118 cm³/mol. The van der Waals surface area contributed by atoms with Gasteiger partial charge in [0.25, 0.3) is 0 Å². The fourth-order valence-electron chi connectivity index (χ4n) is 4.18. The van der Waals surface area contributed by atoms with Crippen molar-refractivity contribution in [3.8, 4) is 5.75 Å². The zero-order valence-corrected chi connectivity index (χ0v) is 18.0. The number of fused-ring (bicyclic) bond motifs is 1. The standard InChI is InChI=1S/C22H29FN6O2/c1-3-28-20-14(12-25-21(27-20)26-16-10-8-15(24)9-11-16)13-29(22(28)30)17-6-5-7-18(19(17)23)31-4-2/h5-7,12,15-16H,3-4,8-11,13,24H2,1-2H3,(H,25,26,27). The lowest BCUT2D eigenvalue weighted by atomic mass is 9.92. The van der Waals surface area contributed by atoms with Gasteiger partial charge in [-0.15, -0.1) is 0 Å². The first kappa shape index (κ1) is 21.3. The molecule has 0 bridgehead atoms. The number of ether oxygens (including phenoxy) is 1. The number of rotatable bonds is 6. The lowest BCUT2D eigenvalue weighted by Gasteiger charge is -2.36. The van der Waals surface area contributed by atoms with E-state index in [4.69, 9.17) is 10.5 Å². The fourth-order valence-corrected chi connectivity index (χ4v) is 4.18. The number of carbonyl (C=O) groups is 1. The molecule has 31 heavy (non-hydrogen) atoms. The summed E-state index contributed by atoms with van der Waals surface area (Å²) in [6, 6.07) is 5.04. The topological polar surface area (TPSA) is 96.6 Å². The molecule has 0 atom stereocenters. The van der Waals surface area contributed by atoms with Gasteiger partial charge in [0.2, 0.25) is 5.95 Å². The van der Waals surface area contributed by atoms with Gasteiger partial charge >= 0.3 is 6.03 Å². The summed E-state index contributed by atoms with van der Waals surface area (Å²) in [5, 5.41) is 3.38. The van der Waals surface area contributed by atoms with Gasteiger partial charge in [-0.25, -0.2) is 14.2 Å². The molecule has 1 saturated carbocycles. The smallest absolute Gasteiger partial charge is 0.330 e. The van der Waals surface area contributed by atoms with Crippen LogP contribution in [-0.4, -0.2) is 41.2 Å². The molecule has 1 aromatic carbocycles. The van der Waals surface area contributed by atoms with E-state index in [1.54, 1.807) is 36.2 Å². The number of halogens is 1. The Balaban J connectivity index is 1.60. The van der Waals surface area contributed by atoms with Crippen molar-refractivity contribution < 1.29 is 13.9 Å². The number of amides is 2. The van der Waals surface area contributed by atoms with Crippen LogP contribution >= 0.6 is 0 Å². The highest BCUT2D eigenvalue weighted by Gasteiger charge is 2.34. The predicted octanol–water partition coefficient (Wildman–Crippen LogP) is 3.66. The zero-order valence-electron chi connectivity index (χ0n) is 18.0. The molecule has 2 heterocycles. The van der Waals surface area contributed by atoms with Crippen molar-refractivity contribution in [2.75, 3.05) is 28.3 Å². The van der Waals surface area contributed by atoms with E-state index in [1.807, 2.05) is 6.92 Å². The van der Waals surface area contributed by atoms with Gasteiger partial charge in [0.1, 0.15) is 5.82 Å². The lowest BCUT2D eigenvalue weighted by Crippen LogP contribution is -2.48. The van der Waals surface area contributed by atoms with Crippen molar-refractivity contribution in [3.05, 3.63) is 35.8 Å². The van der Waals surface area contributed by atoms with E-state index in [2.05, 4.69) is 15.3 Å². The number of benzene rings is 1. The number of anilines is 3. The molecule has 2 amide bonds. The SMILES string of the molecule is CCOc1cccc(N2Cc3cnc(NC4CCC(N)CC4)nc3N(CC)C2=O)c1F. The summed E-state index contributed by atoms with van der Waals surface area (Å²) in [6.07, 6.45) is 5.61. The fraction of sp³-hybridized carbons (Fsp3) is 0.500. The van der Waals surface area contributed by atoms with Crippen LogP contribution in [0.5, 0.6) is 5.75 Å². The third-order valence-corrected chi connectivity index (χ3v) is 5.84. The van der Waals surface area contributed by atoms with E-state index in [9.17, 15) is 9.18 Å². The monoisotopic (exact) mass is 428 g/mol. The number of hydrogen-bond acceptors (Lipinski definition) is 6. The van der Waals surface area contributed by atoms with Crippen LogP contribution < -0.4 is 25.6 Å². The van der Waals surface area contributed by atoms with Crippen molar-refractivity contribution in [1.29, 1.82) is 0 Å². The van der Waals surface area contributed by atoms with Gasteiger partial charge in [0.05, 0.1) is 18.8 Å². The van der Waals surface area contributed by atoms with Crippen molar-refractivity contribution in [3.63, 3.8) is 0 Å². The van der Waals surface area contributed by atoms with Crippen molar-refractivity contribution in [2.45, 2.75) is 58.2 Å². The van der Waals surface area contributed by atoms with Crippen molar-refractivity contribution in [1.82, 2.24) is 9.97 Å². The van der Waals surface area contributed by atoms with E-state index in [0.29, 0.717) is 24.9 Å². The molecule has 1 aliphatic carbocycles. The number of nitrogens with zero attached hydrogens (tertiary/aromatic N) is 4. The summed E-state index contributed by atoms with van der Waals surface area (Å²) >= 11 is 0. The maximum absolute atomic E-state index is 15.0. The average molecular weight is 429 g/mol. The molecule has 0 saturated heterocycles. The number of aromatic nitrogens is 2. The summed E-state index contributed by atoms with van der Waals surface area (Å²) in [6.45, 7) is 4.60. The van der Waals surface area contributed by atoms with E-state index in [1.165, 1.54) is 4.90 Å². The van der Waals surface area contributed by atoms with Gasteiger partial charge in [0, 0.05) is 30.4 Å². The maximum atomic E-state index is 15.0. The normalized spacial score (nSPS) is 21.1. The van der Waals surface area contributed by atoms with Gasteiger partial charge in [-0.2, -0.15) is 4.98 Å². The third-order valence-electron chi connectivity index (χ3n) is 5.84. The minimum atomic E-state index is -0.549. The molecule has 9 heteroatoms. The van der Waals surface area contributed by atoms with Crippen LogP contribution in [0.25, 0.3) is 0 Å². The Morgan fingerprint density at radius 1 is 1.26 bits per heavy atom. The Morgan fingerprint density at radius 2 is 2.03 bits per heavy atom. The second-order valence-electron chi connectivity index (χ2n) is 7.93. The van der Waals surface area contributed by atoms with Crippen LogP contribution in [-0.2, 0) is 6.54 Å². The number of hydrogen-bond donors (Lipinski definition) is 2. The largest absolute Gasteiger partial charge is 0.491 e. The van der Waals surface area contributed by atoms with Crippen molar-refractivity contribution in [2.24, 2.45) is 5.73 Å². The number of urea groups is 1. The second-order valence-corrected chi connectivity index (χ2v) is 7.93. The molecule has 1 aromatic heterocycles. The Labute approximate surface area is 181 Å². The van der Waals surface area contributed by atoms with E-state index in [0.717, 1.165) is 31.2 Å². The zero-order chi connectivity index (χ0) is 22.0. The van der Waals surface area contributed by atoms with Crippen LogP contribution in [0.1, 0.15) is 45.1 Å². The minimum absolute atomic E-state index is 0.129. The molecule has 2 aromatic rings. The molecule has 1 aliphatic heterocycles. The quantitative estimate of drug-likeness (QED) is 0.729. The molecule has 2 aliphatic rings. The minimum Gasteiger partial charge on any atom is -0.491 e. The molecule has 8 nitrogen and oxygen atoms in total. The maximum Gasteiger partial charge on any atom is 0.330 e. The summed E-state index contributed by atoms with van der Waals surface area (Å²) in [5.74, 6) is 0.648. The van der Waals surface area contributed by atoms with Gasteiger partial charge in [-0.3, -0.25) is 9.80 Å². The molecule has 0 spiro atoms. The van der Waals surface area contributed by atoms with Gasteiger partial charge in [-0.05, 0) is 51.7 Å². The van der Waals surface area contributed by atoms with Gasteiger partial charge in [0.15, 0.2) is 11.6 Å². The lowest BCUT2D eigenvalue weighted by molar-refractivity contribution is 0.249. The first-order valence-electron chi connectivity index (χ1n) is 10.9. The first-order valence-corrected chi connectivity index (χ1v) is 10.9. The molecule has 4 rings (SSSR count). The number of nitrogens with one attached hydrogen (secondary N) is 1. The number of carbonyl (C=O) groups excluding carboxylic acids is 1. The van der Waals surface area contributed by atoms with E-state index < -0.39 is 5.82 Å². The molecule has 166 valence electrons. The molecule has 3 N–H and O–H groups in total. The molecule has 1 fully saturated rings. The third kappa shape index (κ3) is 4.27. The van der Waals surface area contributed by atoms with E-state index in [-0.39, 0.29) is 36.1 Å². The summed E-state index contributed by atoms with van der Waals surface area (Å²) in [5.41, 5.74) is 6.93.